The zero-order valence-corrected chi connectivity index (χ0v) is 15.3. The topological polar surface area (TPSA) is 76.5 Å². The molecule has 1 aliphatic heterocycles. The lowest BCUT2D eigenvalue weighted by atomic mass is 9.95. The number of benzene rings is 1. The second-order valence-electron chi connectivity index (χ2n) is 6.72. The number of hydrogen-bond donors (Lipinski definition) is 1. The van der Waals surface area contributed by atoms with Crippen LogP contribution in [0.4, 0.5) is 0 Å². The first-order valence-corrected chi connectivity index (χ1v) is 8.70. The first-order valence-electron chi connectivity index (χ1n) is 8.70. The molecule has 0 aliphatic carbocycles. The molecular formula is C19H24N4O3. The summed E-state index contributed by atoms with van der Waals surface area (Å²) in [5.74, 6) is -0.342. The summed E-state index contributed by atoms with van der Waals surface area (Å²) >= 11 is 0. The Morgan fingerprint density at radius 1 is 1.35 bits per heavy atom. The number of ether oxygens (including phenoxy) is 1. The Bertz CT molecular complexity index is 772. The first-order chi connectivity index (χ1) is 12.5. The lowest BCUT2D eigenvalue weighted by Gasteiger charge is -2.42. The molecule has 1 aromatic carbocycles. The van der Waals surface area contributed by atoms with Gasteiger partial charge in [-0.05, 0) is 19.4 Å². The van der Waals surface area contributed by atoms with Crippen LogP contribution in [0.1, 0.15) is 31.0 Å². The fourth-order valence-corrected chi connectivity index (χ4v) is 3.29. The maximum atomic E-state index is 12.8. The van der Waals surface area contributed by atoms with Crippen molar-refractivity contribution in [2.75, 3.05) is 6.61 Å². The number of amides is 2. The van der Waals surface area contributed by atoms with Crippen LogP contribution in [0.15, 0.2) is 42.7 Å². The van der Waals surface area contributed by atoms with Crippen LogP contribution >= 0.6 is 0 Å². The number of hydrogen-bond acceptors (Lipinski definition) is 4. The lowest BCUT2D eigenvalue weighted by Crippen LogP contribution is -2.56. The number of nitrogens with one attached hydrogen (secondary N) is 1. The summed E-state index contributed by atoms with van der Waals surface area (Å²) in [5, 5.41) is 7.00. The van der Waals surface area contributed by atoms with E-state index in [1.54, 1.807) is 15.8 Å². The molecule has 26 heavy (non-hydrogen) atoms. The normalized spacial score (nSPS) is 20.5. The highest BCUT2D eigenvalue weighted by Crippen LogP contribution is 2.32. The van der Waals surface area contributed by atoms with Gasteiger partial charge in [0.1, 0.15) is 6.61 Å². The van der Waals surface area contributed by atoms with E-state index in [9.17, 15) is 9.59 Å². The molecule has 0 saturated carbocycles. The van der Waals surface area contributed by atoms with E-state index in [1.165, 1.54) is 0 Å². The fourth-order valence-electron chi connectivity index (χ4n) is 3.29. The van der Waals surface area contributed by atoms with Crippen LogP contribution in [-0.4, -0.2) is 45.2 Å². The number of carbonyl (C=O) groups is 2. The van der Waals surface area contributed by atoms with Gasteiger partial charge in [-0.3, -0.25) is 14.3 Å². The average Bonchev–Trinajstić information content (AvgIpc) is 3.05. The van der Waals surface area contributed by atoms with Crippen molar-refractivity contribution >= 4 is 11.8 Å². The van der Waals surface area contributed by atoms with Gasteiger partial charge in [0.2, 0.25) is 5.91 Å². The zero-order chi connectivity index (χ0) is 18.7. The number of aromatic nitrogens is 2. The Hall–Kier alpha value is -2.67. The predicted molar refractivity (Wildman–Crippen MR) is 96.0 cm³/mol. The minimum absolute atomic E-state index is 0.0368. The molecule has 1 fully saturated rings. The van der Waals surface area contributed by atoms with Crippen molar-refractivity contribution in [3.63, 3.8) is 0 Å². The van der Waals surface area contributed by atoms with Crippen LogP contribution < -0.4 is 5.32 Å². The van der Waals surface area contributed by atoms with Crippen LogP contribution in [0.2, 0.25) is 0 Å². The van der Waals surface area contributed by atoms with Crippen molar-refractivity contribution in [2.24, 2.45) is 7.05 Å². The van der Waals surface area contributed by atoms with Crippen LogP contribution in [-0.2, 0) is 27.9 Å². The van der Waals surface area contributed by atoms with E-state index >= 15 is 0 Å². The van der Waals surface area contributed by atoms with Crippen molar-refractivity contribution in [3.8, 4) is 0 Å². The number of nitrogens with zero attached hydrogens (tertiary/aromatic N) is 3. The molecule has 2 unspecified atom stereocenters. The Labute approximate surface area is 152 Å². The molecular weight excluding hydrogens is 332 g/mol. The molecule has 2 aromatic rings. The minimum Gasteiger partial charge on any atom is -0.356 e. The second kappa shape index (κ2) is 7.70. The van der Waals surface area contributed by atoms with Gasteiger partial charge in [-0.1, -0.05) is 30.3 Å². The van der Waals surface area contributed by atoms with Gasteiger partial charge in [-0.15, -0.1) is 0 Å². The van der Waals surface area contributed by atoms with Gasteiger partial charge in [-0.25, -0.2) is 0 Å². The maximum absolute atomic E-state index is 12.8. The lowest BCUT2D eigenvalue weighted by molar-refractivity contribution is -0.167. The molecule has 0 bridgehead atoms. The third-order valence-corrected chi connectivity index (χ3v) is 4.44. The number of aryl methyl sites for hydroxylation is 1. The van der Waals surface area contributed by atoms with Gasteiger partial charge < -0.3 is 15.0 Å². The van der Waals surface area contributed by atoms with Gasteiger partial charge in [-0.2, -0.15) is 5.10 Å². The summed E-state index contributed by atoms with van der Waals surface area (Å²) in [7, 11) is 1.83. The van der Waals surface area contributed by atoms with Crippen molar-refractivity contribution in [3.05, 3.63) is 53.9 Å². The van der Waals surface area contributed by atoms with Gasteiger partial charge >= 0.3 is 0 Å². The number of rotatable bonds is 5. The summed E-state index contributed by atoms with van der Waals surface area (Å²) in [6.45, 7) is 4.17. The van der Waals surface area contributed by atoms with Crippen molar-refractivity contribution in [2.45, 2.75) is 38.6 Å². The molecule has 1 N–H and O–H groups in total. The predicted octanol–water partition coefficient (Wildman–Crippen LogP) is 1.41. The molecule has 2 heterocycles. The van der Waals surface area contributed by atoms with E-state index in [4.69, 9.17) is 4.74 Å². The first kappa shape index (κ1) is 18.1. The standard InChI is InChI=1S/C19H24N4O3/c1-13(2)23-16(24)12-26-18(17(23)15-7-5-4-6-8-15)19(25)20-9-14-10-21-22(3)11-14/h4-8,10-11,13,17-18H,9,12H2,1-3H3,(H,20,25). The zero-order valence-electron chi connectivity index (χ0n) is 15.3. The number of morpholine rings is 1. The third kappa shape index (κ3) is 3.77. The fraction of sp³-hybridized carbons (Fsp3) is 0.421. The highest BCUT2D eigenvalue weighted by atomic mass is 16.5. The highest BCUT2D eigenvalue weighted by Gasteiger charge is 2.42. The second-order valence-corrected chi connectivity index (χ2v) is 6.72. The monoisotopic (exact) mass is 356 g/mol. The Morgan fingerprint density at radius 3 is 2.69 bits per heavy atom. The number of carbonyl (C=O) groups excluding carboxylic acids is 2. The smallest absolute Gasteiger partial charge is 0.251 e. The molecule has 7 heteroatoms. The molecule has 1 saturated heterocycles. The summed E-state index contributed by atoms with van der Waals surface area (Å²) in [4.78, 5) is 27.0. The Kier molecular flexibility index (Phi) is 5.37. The van der Waals surface area contributed by atoms with E-state index in [0.29, 0.717) is 6.54 Å². The van der Waals surface area contributed by atoms with E-state index in [-0.39, 0.29) is 24.5 Å². The van der Waals surface area contributed by atoms with Crippen molar-refractivity contribution < 1.29 is 14.3 Å². The van der Waals surface area contributed by atoms with E-state index in [0.717, 1.165) is 11.1 Å². The van der Waals surface area contributed by atoms with Crippen LogP contribution in [0.3, 0.4) is 0 Å². The van der Waals surface area contributed by atoms with Crippen LogP contribution in [0, 0.1) is 0 Å². The Balaban J connectivity index is 1.82. The summed E-state index contributed by atoms with van der Waals surface area (Å²) in [5.41, 5.74) is 1.79. The summed E-state index contributed by atoms with van der Waals surface area (Å²) in [6, 6.07) is 9.06. The van der Waals surface area contributed by atoms with Gasteiger partial charge in [0.15, 0.2) is 6.10 Å². The molecule has 0 radical (unpaired) electrons. The van der Waals surface area contributed by atoms with E-state index in [1.807, 2.05) is 57.4 Å². The summed E-state index contributed by atoms with van der Waals surface area (Å²) < 4.78 is 7.35. The van der Waals surface area contributed by atoms with Crippen LogP contribution in [0.25, 0.3) is 0 Å². The molecule has 138 valence electrons. The quantitative estimate of drug-likeness (QED) is 0.879. The molecule has 1 aliphatic rings. The highest BCUT2D eigenvalue weighted by molar-refractivity contribution is 5.86. The molecule has 0 spiro atoms. The SMILES string of the molecule is CC(C)N1C(=O)COC(C(=O)NCc2cnn(C)c2)C1c1ccccc1. The van der Waals surface area contributed by atoms with Crippen LogP contribution in [0.5, 0.6) is 0 Å². The van der Waals surface area contributed by atoms with E-state index < -0.39 is 12.1 Å². The molecule has 7 nitrogen and oxygen atoms in total. The van der Waals surface area contributed by atoms with Gasteiger partial charge in [0, 0.05) is 31.4 Å². The molecule has 3 rings (SSSR count). The van der Waals surface area contributed by atoms with Gasteiger partial charge in [0.05, 0.1) is 12.2 Å². The molecule has 1 aromatic heterocycles. The van der Waals surface area contributed by atoms with E-state index in [2.05, 4.69) is 10.4 Å². The largest absolute Gasteiger partial charge is 0.356 e. The Morgan fingerprint density at radius 2 is 2.08 bits per heavy atom. The van der Waals surface area contributed by atoms with Crippen molar-refractivity contribution in [1.29, 1.82) is 0 Å². The minimum atomic E-state index is -0.755. The molecule has 2 amide bonds. The molecule has 2 atom stereocenters. The average molecular weight is 356 g/mol. The summed E-state index contributed by atoms with van der Waals surface area (Å²) in [6.07, 6.45) is 2.80. The van der Waals surface area contributed by atoms with Crippen molar-refractivity contribution in [1.82, 2.24) is 20.0 Å². The third-order valence-electron chi connectivity index (χ3n) is 4.44. The van der Waals surface area contributed by atoms with Gasteiger partial charge in [0.25, 0.3) is 5.91 Å². The maximum Gasteiger partial charge on any atom is 0.251 e.